The summed E-state index contributed by atoms with van der Waals surface area (Å²) in [5, 5.41) is 15.8. The SMILES string of the molecule is O=C(NCc1ccccc1CO)NCC1(c2ccc(Cl)cc2)CC1. The smallest absolute Gasteiger partial charge is 0.315 e. The van der Waals surface area contributed by atoms with Crippen LogP contribution in [-0.2, 0) is 18.6 Å². The van der Waals surface area contributed by atoms with Crippen molar-refractivity contribution in [2.75, 3.05) is 6.54 Å². The quantitative estimate of drug-likeness (QED) is 0.752. The summed E-state index contributed by atoms with van der Waals surface area (Å²) < 4.78 is 0. The van der Waals surface area contributed by atoms with E-state index < -0.39 is 0 Å². The van der Waals surface area contributed by atoms with Crippen molar-refractivity contribution in [3.63, 3.8) is 0 Å². The molecule has 0 heterocycles. The number of rotatable bonds is 6. The number of hydrogen-bond acceptors (Lipinski definition) is 2. The van der Waals surface area contributed by atoms with E-state index in [1.807, 2.05) is 48.5 Å². The van der Waals surface area contributed by atoms with Crippen LogP contribution < -0.4 is 10.6 Å². The van der Waals surface area contributed by atoms with E-state index in [2.05, 4.69) is 10.6 Å². The minimum Gasteiger partial charge on any atom is -0.392 e. The van der Waals surface area contributed by atoms with Crippen molar-refractivity contribution >= 4 is 17.6 Å². The van der Waals surface area contributed by atoms with Crippen LogP contribution in [0.4, 0.5) is 4.79 Å². The number of aliphatic hydroxyl groups excluding tert-OH is 1. The van der Waals surface area contributed by atoms with Crippen LogP contribution in [0, 0.1) is 0 Å². The highest BCUT2D eigenvalue weighted by atomic mass is 35.5. The van der Waals surface area contributed by atoms with Crippen molar-refractivity contribution in [2.24, 2.45) is 0 Å². The molecule has 24 heavy (non-hydrogen) atoms. The summed E-state index contributed by atoms with van der Waals surface area (Å²) in [6.45, 7) is 0.984. The van der Waals surface area contributed by atoms with Gasteiger partial charge in [0.15, 0.2) is 0 Å². The lowest BCUT2D eigenvalue weighted by Gasteiger charge is -2.17. The van der Waals surface area contributed by atoms with E-state index in [1.165, 1.54) is 5.56 Å². The fourth-order valence-electron chi connectivity index (χ4n) is 2.89. The van der Waals surface area contributed by atoms with Gasteiger partial charge in [-0.05, 0) is 41.7 Å². The van der Waals surface area contributed by atoms with Gasteiger partial charge in [-0.15, -0.1) is 0 Å². The Hall–Kier alpha value is -2.04. The maximum absolute atomic E-state index is 12.1. The van der Waals surface area contributed by atoms with E-state index in [0.29, 0.717) is 13.1 Å². The van der Waals surface area contributed by atoms with Crippen LogP contribution in [0.15, 0.2) is 48.5 Å². The van der Waals surface area contributed by atoms with Gasteiger partial charge in [0.2, 0.25) is 0 Å². The monoisotopic (exact) mass is 344 g/mol. The van der Waals surface area contributed by atoms with Gasteiger partial charge < -0.3 is 15.7 Å². The molecule has 3 rings (SSSR count). The summed E-state index contributed by atoms with van der Waals surface area (Å²) in [7, 11) is 0. The Balaban J connectivity index is 1.52. The van der Waals surface area contributed by atoms with Crippen LogP contribution in [0.5, 0.6) is 0 Å². The first-order valence-electron chi connectivity index (χ1n) is 8.08. The molecular formula is C19H21ClN2O2. The van der Waals surface area contributed by atoms with Crippen LogP contribution in [0.1, 0.15) is 29.5 Å². The molecule has 0 aliphatic heterocycles. The third kappa shape index (κ3) is 3.89. The Kier molecular flexibility index (Phi) is 5.07. The van der Waals surface area contributed by atoms with Gasteiger partial charge in [0.05, 0.1) is 6.61 Å². The molecule has 1 aliphatic carbocycles. The number of halogens is 1. The van der Waals surface area contributed by atoms with Gasteiger partial charge in [0.25, 0.3) is 0 Å². The molecule has 0 atom stereocenters. The van der Waals surface area contributed by atoms with E-state index >= 15 is 0 Å². The molecule has 126 valence electrons. The normalized spacial score (nSPS) is 14.9. The zero-order valence-electron chi connectivity index (χ0n) is 13.4. The van der Waals surface area contributed by atoms with Gasteiger partial charge in [0.1, 0.15) is 0 Å². The molecule has 0 radical (unpaired) electrons. The van der Waals surface area contributed by atoms with Gasteiger partial charge in [0, 0.05) is 23.5 Å². The molecule has 1 aliphatic rings. The highest BCUT2D eigenvalue weighted by molar-refractivity contribution is 6.30. The number of benzene rings is 2. The second kappa shape index (κ2) is 7.24. The van der Waals surface area contributed by atoms with E-state index in [4.69, 9.17) is 11.6 Å². The van der Waals surface area contributed by atoms with Crippen LogP contribution in [0.3, 0.4) is 0 Å². The van der Waals surface area contributed by atoms with E-state index in [-0.39, 0.29) is 18.1 Å². The van der Waals surface area contributed by atoms with E-state index in [9.17, 15) is 9.90 Å². The molecule has 2 amide bonds. The van der Waals surface area contributed by atoms with Gasteiger partial charge in [-0.1, -0.05) is 48.0 Å². The molecule has 0 aromatic heterocycles. The first-order valence-corrected chi connectivity index (χ1v) is 8.46. The highest BCUT2D eigenvalue weighted by Gasteiger charge is 2.44. The maximum Gasteiger partial charge on any atom is 0.315 e. The Morgan fingerprint density at radius 3 is 2.33 bits per heavy atom. The summed E-state index contributed by atoms with van der Waals surface area (Å²) in [6.07, 6.45) is 2.14. The lowest BCUT2D eigenvalue weighted by molar-refractivity contribution is 0.239. The fraction of sp³-hybridized carbons (Fsp3) is 0.316. The van der Waals surface area contributed by atoms with Gasteiger partial charge in [-0.25, -0.2) is 4.79 Å². The number of aliphatic hydroxyl groups is 1. The molecule has 1 saturated carbocycles. The topological polar surface area (TPSA) is 61.4 Å². The summed E-state index contributed by atoms with van der Waals surface area (Å²) >= 11 is 5.94. The van der Waals surface area contributed by atoms with Crippen LogP contribution in [0.25, 0.3) is 0 Å². The first kappa shape index (κ1) is 16.8. The standard InChI is InChI=1S/C19H21ClN2O2/c20-17-7-5-16(6-8-17)19(9-10-19)13-22-18(24)21-11-14-3-1-2-4-15(14)12-23/h1-8,23H,9-13H2,(H2,21,22,24). The number of hydrogen-bond donors (Lipinski definition) is 3. The van der Waals surface area contributed by atoms with Crippen molar-refractivity contribution in [1.29, 1.82) is 0 Å². The zero-order chi connectivity index (χ0) is 17.0. The maximum atomic E-state index is 12.1. The summed E-state index contributed by atoms with van der Waals surface area (Å²) in [4.78, 5) is 12.1. The Morgan fingerprint density at radius 1 is 1.04 bits per heavy atom. The molecule has 1 fully saturated rings. The predicted octanol–water partition coefficient (Wildman–Crippen LogP) is 3.36. The molecule has 2 aromatic carbocycles. The average Bonchev–Trinajstić information content (AvgIpc) is 3.40. The summed E-state index contributed by atoms with van der Waals surface area (Å²) in [5.74, 6) is 0. The number of carbonyl (C=O) groups is 1. The minimum atomic E-state index is -0.192. The van der Waals surface area contributed by atoms with Gasteiger partial charge in [-0.3, -0.25) is 0 Å². The largest absolute Gasteiger partial charge is 0.392 e. The van der Waals surface area contributed by atoms with E-state index in [1.54, 1.807) is 0 Å². The van der Waals surface area contributed by atoms with Gasteiger partial charge >= 0.3 is 6.03 Å². The number of nitrogens with one attached hydrogen (secondary N) is 2. The van der Waals surface area contributed by atoms with E-state index in [0.717, 1.165) is 29.0 Å². The second-order valence-corrected chi connectivity index (χ2v) is 6.69. The lowest BCUT2D eigenvalue weighted by Crippen LogP contribution is -2.39. The van der Waals surface area contributed by atoms with Crippen molar-refractivity contribution in [3.05, 3.63) is 70.2 Å². The second-order valence-electron chi connectivity index (χ2n) is 6.25. The summed E-state index contributed by atoms with van der Waals surface area (Å²) in [5.41, 5.74) is 3.02. The lowest BCUT2D eigenvalue weighted by atomic mass is 9.96. The Bertz CT molecular complexity index is 712. The third-order valence-corrected chi connectivity index (χ3v) is 4.88. The average molecular weight is 345 g/mol. The molecular weight excluding hydrogens is 324 g/mol. The molecule has 3 N–H and O–H groups in total. The molecule has 4 nitrogen and oxygen atoms in total. The number of urea groups is 1. The molecule has 0 bridgehead atoms. The number of amides is 2. The van der Waals surface area contributed by atoms with Crippen LogP contribution in [0.2, 0.25) is 5.02 Å². The van der Waals surface area contributed by atoms with Crippen molar-refractivity contribution in [1.82, 2.24) is 10.6 Å². The molecule has 5 heteroatoms. The number of carbonyl (C=O) groups excluding carboxylic acids is 1. The molecule has 0 unspecified atom stereocenters. The molecule has 0 spiro atoms. The predicted molar refractivity (Wildman–Crippen MR) is 95.0 cm³/mol. The van der Waals surface area contributed by atoms with Crippen LogP contribution in [-0.4, -0.2) is 17.7 Å². The zero-order valence-corrected chi connectivity index (χ0v) is 14.1. The van der Waals surface area contributed by atoms with Crippen molar-refractivity contribution in [3.8, 4) is 0 Å². The fourth-order valence-corrected chi connectivity index (χ4v) is 3.02. The minimum absolute atomic E-state index is 0.0286. The highest BCUT2D eigenvalue weighted by Crippen LogP contribution is 2.47. The molecule has 0 saturated heterocycles. The summed E-state index contributed by atoms with van der Waals surface area (Å²) in [6, 6.07) is 15.2. The Labute approximate surface area is 146 Å². The van der Waals surface area contributed by atoms with Crippen molar-refractivity contribution < 1.29 is 9.90 Å². The molecule has 2 aromatic rings. The first-order chi connectivity index (χ1) is 11.6. The van der Waals surface area contributed by atoms with Gasteiger partial charge in [-0.2, -0.15) is 0 Å². The Morgan fingerprint density at radius 2 is 1.71 bits per heavy atom. The third-order valence-electron chi connectivity index (χ3n) is 4.63. The van der Waals surface area contributed by atoms with Crippen LogP contribution >= 0.6 is 11.6 Å². The van der Waals surface area contributed by atoms with Crippen molar-refractivity contribution in [2.45, 2.75) is 31.4 Å².